The van der Waals surface area contributed by atoms with Crippen LogP contribution in [-0.4, -0.2) is 0 Å². The summed E-state index contributed by atoms with van der Waals surface area (Å²) < 4.78 is 0. The maximum atomic E-state index is 2.40. The van der Waals surface area contributed by atoms with Crippen molar-refractivity contribution in [1.29, 1.82) is 0 Å². The smallest absolute Gasteiger partial charge is 0.0159 e. The molecule has 1 aromatic carbocycles. The molecule has 0 N–H and O–H groups in total. The first-order chi connectivity index (χ1) is 7.15. The maximum absolute atomic E-state index is 2.40. The number of benzene rings is 1. The molecule has 82 valence electrons. The molecule has 1 saturated carbocycles. The van der Waals surface area contributed by atoms with Crippen LogP contribution in [0.25, 0.3) is 0 Å². The molecular formula is C15H22. The Morgan fingerprint density at radius 2 is 1.67 bits per heavy atom. The second-order valence-electron chi connectivity index (χ2n) is 5.39. The van der Waals surface area contributed by atoms with Gasteiger partial charge >= 0.3 is 0 Å². The van der Waals surface area contributed by atoms with E-state index in [0.717, 1.165) is 11.8 Å². The van der Waals surface area contributed by atoms with Crippen molar-refractivity contribution in [1.82, 2.24) is 0 Å². The Hall–Kier alpha value is -0.780. The lowest BCUT2D eigenvalue weighted by atomic mass is 9.78. The quantitative estimate of drug-likeness (QED) is 0.624. The van der Waals surface area contributed by atoms with Crippen molar-refractivity contribution in [3.05, 3.63) is 34.9 Å². The average molecular weight is 202 g/mol. The van der Waals surface area contributed by atoms with Gasteiger partial charge in [-0.15, -0.1) is 0 Å². The number of hydrogen-bond donors (Lipinski definition) is 0. The number of rotatable bonds is 1. The summed E-state index contributed by atoms with van der Waals surface area (Å²) in [6, 6.07) is 7.04. The Balaban J connectivity index is 2.20. The first kappa shape index (κ1) is 10.7. The molecule has 0 aromatic heterocycles. The van der Waals surface area contributed by atoms with Gasteiger partial charge in [-0.05, 0) is 44.1 Å². The zero-order valence-electron chi connectivity index (χ0n) is 10.2. The zero-order chi connectivity index (χ0) is 10.8. The van der Waals surface area contributed by atoms with Crippen molar-refractivity contribution in [2.75, 3.05) is 0 Å². The van der Waals surface area contributed by atoms with Gasteiger partial charge in [-0.1, -0.05) is 49.1 Å². The van der Waals surface area contributed by atoms with Gasteiger partial charge in [-0.2, -0.15) is 0 Å². The molecule has 1 aromatic rings. The van der Waals surface area contributed by atoms with E-state index in [0.29, 0.717) is 0 Å². The van der Waals surface area contributed by atoms with Crippen LogP contribution in [-0.2, 0) is 0 Å². The number of hydrogen-bond acceptors (Lipinski definition) is 0. The second kappa shape index (κ2) is 4.38. The summed E-state index contributed by atoms with van der Waals surface area (Å²) in [5.41, 5.74) is 4.42. The van der Waals surface area contributed by atoms with Crippen LogP contribution in [0.4, 0.5) is 0 Å². The van der Waals surface area contributed by atoms with Crippen LogP contribution in [0.3, 0.4) is 0 Å². The van der Waals surface area contributed by atoms with Gasteiger partial charge in [-0.3, -0.25) is 0 Å². The fourth-order valence-corrected chi connectivity index (χ4v) is 2.98. The van der Waals surface area contributed by atoms with E-state index >= 15 is 0 Å². The Bertz CT molecular complexity index is 318. The second-order valence-corrected chi connectivity index (χ2v) is 5.39. The molecule has 0 heterocycles. The Kier molecular flexibility index (Phi) is 3.14. The zero-order valence-corrected chi connectivity index (χ0v) is 10.2. The van der Waals surface area contributed by atoms with Gasteiger partial charge in [0.15, 0.2) is 0 Å². The summed E-state index contributed by atoms with van der Waals surface area (Å²) in [5, 5.41) is 0. The first-order valence-corrected chi connectivity index (χ1v) is 6.23. The number of aryl methyl sites for hydroxylation is 2. The Labute approximate surface area is 93.7 Å². The van der Waals surface area contributed by atoms with Gasteiger partial charge in [0.2, 0.25) is 0 Å². The summed E-state index contributed by atoms with van der Waals surface area (Å²) in [4.78, 5) is 0. The van der Waals surface area contributed by atoms with Crippen LogP contribution in [0.15, 0.2) is 18.2 Å². The summed E-state index contributed by atoms with van der Waals surface area (Å²) in [7, 11) is 0. The topological polar surface area (TPSA) is 0 Å². The van der Waals surface area contributed by atoms with Crippen molar-refractivity contribution in [3.8, 4) is 0 Å². The summed E-state index contributed by atoms with van der Waals surface area (Å²) in [6.07, 6.45) is 5.64. The molecular weight excluding hydrogens is 180 g/mol. The summed E-state index contributed by atoms with van der Waals surface area (Å²) >= 11 is 0. The van der Waals surface area contributed by atoms with E-state index in [2.05, 4.69) is 39.0 Å². The molecule has 0 amide bonds. The largest absolute Gasteiger partial charge is 0.0625 e. The van der Waals surface area contributed by atoms with E-state index in [1.165, 1.54) is 36.8 Å². The molecule has 1 aliphatic carbocycles. The lowest BCUT2D eigenvalue weighted by molar-refractivity contribution is 0.344. The average Bonchev–Trinajstić information content (AvgIpc) is 2.16. The maximum Gasteiger partial charge on any atom is -0.0159 e. The third-order valence-electron chi connectivity index (χ3n) is 3.65. The minimum Gasteiger partial charge on any atom is -0.0625 e. The highest BCUT2D eigenvalue weighted by Gasteiger charge is 2.20. The van der Waals surface area contributed by atoms with Crippen molar-refractivity contribution in [3.63, 3.8) is 0 Å². The van der Waals surface area contributed by atoms with Gasteiger partial charge in [-0.25, -0.2) is 0 Å². The molecule has 1 fully saturated rings. The molecule has 0 heteroatoms. The minimum atomic E-state index is 0.826. The fourth-order valence-electron chi connectivity index (χ4n) is 2.98. The van der Waals surface area contributed by atoms with Crippen LogP contribution in [0, 0.1) is 19.8 Å². The fraction of sp³-hybridized carbons (Fsp3) is 0.600. The highest BCUT2D eigenvalue weighted by atomic mass is 14.3. The third kappa shape index (κ3) is 2.62. The van der Waals surface area contributed by atoms with Crippen molar-refractivity contribution in [2.24, 2.45) is 5.92 Å². The van der Waals surface area contributed by atoms with Gasteiger partial charge in [0.25, 0.3) is 0 Å². The lowest BCUT2D eigenvalue weighted by Crippen LogP contribution is -2.11. The molecule has 15 heavy (non-hydrogen) atoms. The van der Waals surface area contributed by atoms with E-state index in [9.17, 15) is 0 Å². The first-order valence-electron chi connectivity index (χ1n) is 6.23. The monoisotopic (exact) mass is 202 g/mol. The molecule has 0 nitrogen and oxygen atoms in total. The molecule has 2 atom stereocenters. The van der Waals surface area contributed by atoms with E-state index < -0.39 is 0 Å². The highest BCUT2D eigenvalue weighted by Crippen LogP contribution is 2.36. The van der Waals surface area contributed by atoms with Gasteiger partial charge in [0.05, 0.1) is 0 Å². The minimum absolute atomic E-state index is 0.826. The molecule has 1 aliphatic rings. The standard InChI is InChI=1S/C15H22/c1-11-5-4-6-14(8-11)15-9-12(2)7-13(3)10-15/h7,9-11,14H,4-6,8H2,1-3H3. The molecule has 2 unspecified atom stereocenters. The van der Waals surface area contributed by atoms with Crippen LogP contribution in [0.1, 0.15) is 55.2 Å². The van der Waals surface area contributed by atoms with Crippen molar-refractivity contribution >= 4 is 0 Å². The van der Waals surface area contributed by atoms with Crippen LogP contribution >= 0.6 is 0 Å². The predicted molar refractivity (Wildman–Crippen MR) is 66.3 cm³/mol. The molecule has 0 bridgehead atoms. The molecule has 0 spiro atoms. The van der Waals surface area contributed by atoms with Gasteiger partial charge < -0.3 is 0 Å². The van der Waals surface area contributed by atoms with Gasteiger partial charge in [0.1, 0.15) is 0 Å². The third-order valence-corrected chi connectivity index (χ3v) is 3.65. The SMILES string of the molecule is Cc1cc(C)cc(C2CCCC(C)C2)c1. The summed E-state index contributed by atoms with van der Waals surface area (Å²) in [6.45, 7) is 6.82. The molecule has 0 saturated heterocycles. The highest BCUT2D eigenvalue weighted by molar-refractivity contribution is 5.31. The van der Waals surface area contributed by atoms with E-state index in [4.69, 9.17) is 0 Å². The van der Waals surface area contributed by atoms with Crippen molar-refractivity contribution in [2.45, 2.75) is 52.4 Å². The normalized spacial score (nSPS) is 26.6. The Morgan fingerprint density at radius 3 is 2.27 bits per heavy atom. The predicted octanol–water partition coefficient (Wildman–Crippen LogP) is 4.60. The van der Waals surface area contributed by atoms with E-state index in [-0.39, 0.29) is 0 Å². The van der Waals surface area contributed by atoms with E-state index in [1.54, 1.807) is 5.56 Å². The Morgan fingerprint density at radius 1 is 1.00 bits per heavy atom. The van der Waals surface area contributed by atoms with Crippen molar-refractivity contribution < 1.29 is 0 Å². The van der Waals surface area contributed by atoms with Crippen LogP contribution in [0.2, 0.25) is 0 Å². The van der Waals surface area contributed by atoms with Crippen LogP contribution in [0.5, 0.6) is 0 Å². The molecule has 2 rings (SSSR count). The van der Waals surface area contributed by atoms with E-state index in [1.807, 2.05) is 0 Å². The molecule has 0 aliphatic heterocycles. The van der Waals surface area contributed by atoms with Crippen LogP contribution < -0.4 is 0 Å². The van der Waals surface area contributed by atoms with Gasteiger partial charge in [0, 0.05) is 0 Å². The lowest BCUT2D eigenvalue weighted by Gasteiger charge is -2.27. The molecule has 0 radical (unpaired) electrons. The summed E-state index contributed by atoms with van der Waals surface area (Å²) in [5.74, 6) is 1.75.